The quantitative estimate of drug-likeness (QED) is 0.566. The SMILES string of the molecule is C=CC[C@H](CC(=O)OC)C(=O)N1C(=O)OC[C@@H]1Cc1ccccc1. The number of ether oxygens (including phenoxy) is 2. The maximum absolute atomic E-state index is 12.8. The number of hydrogen-bond donors (Lipinski definition) is 0. The highest BCUT2D eigenvalue weighted by Crippen LogP contribution is 2.23. The highest BCUT2D eigenvalue weighted by molar-refractivity contribution is 5.96. The molecule has 1 aliphatic heterocycles. The minimum Gasteiger partial charge on any atom is -0.469 e. The highest BCUT2D eigenvalue weighted by atomic mass is 16.6. The zero-order chi connectivity index (χ0) is 17.5. The van der Waals surface area contributed by atoms with Crippen LogP contribution in [-0.4, -0.2) is 42.6 Å². The van der Waals surface area contributed by atoms with E-state index in [-0.39, 0.29) is 25.5 Å². The van der Waals surface area contributed by atoms with Crippen molar-refractivity contribution in [3.63, 3.8) is 0 Å². The van der Waals surface area contributed by atoms with Gasteiger partial charge in [0, 0.05) is 0 Å². The standard InChI is InChI=1S/C18H21NO5/c1-3-7-14(11-16(20)23-2)17(21)19-15(12-24-18(19)22)10-13-8-5-4-6-9-13/h3-6,8-9,14-15H,1,7,10-12H2,2H3/t14-,15+/m1/s1. The smallest absolute Gasteiger partial charge is 0.416 e. The number of rotatable bonds is 7. The van der Waals surface area contributed by atoms with Gasteiger partial charge in [0.15, 0.2) is 0 Å². The number of carbonyl (C=O) groups is 3. The minimum atomic E-state index is -0.682. The molecule has 0 saturated carbocycles. The second kappa shape index (κ2) is 8.29. The topological polar surface area (TPSA) is 72.9 Å². The van der Waals surface area contributed by atoms with Crippen LogP contribution < -0.4 is 0 Å². The van der Waals surface area contributed by atoms with Crippen molar-refractivity contribution in [3.8, 4) is 0 Å². The maximum atomic E-state index is 12.8. The number of imide groups is 1. The monoisotopic (exact) mass is 331 g/mol. The van der Waals surface area contributed by atoms with Crippen LogP contribution in [0.3, 0.4) is 0 Å². The van der Waals surface area contributed by atoms with Crippen LogP contribution in [-0.2, 0) is 25.5 Å². The van der Waals surface area contributed by atoms with Crippen LogP contribution in [0.15, 0.2) is 43.0 Å². The van der Waals surface area contributed by atoms with Gasteiger partial charge in [0.05, 0.1) is 25.5 Å². The minimum absolute atomic E-state index is 0.0941. The molecule has 2 amide bonds. The summed E-state index contributed by atoms with van der Waals surface area (Å²) in [7, 11) is 1.26. The Bertz CT molecular complexity index is 613. The van der Waals surface area contributed by atoms with Crippen molar-refractivity contribution in [1.29, 1.82) is 0 Å². The average Bonchev–Trinajstić information content (AvgIpc) is 2.95. The van der Waals surface area contributed by atoms with Crippen LogP contribution in [0, 0.1) is 5.92 Å². The average molecular weight is 331 g/mol. The van der Waals surface area contributed by atoms with Gasteiger partial charge in [0.2, 0.25) is 5.91 Å². The molecular weight excluding hydrogens is 310 g/mol. The molecule has 128 valence electrons. The van der Waals surface area contributed by atoms with Crippen molar-refractivity contribution >= 4 is 18.0 Å². The number of carbonyl (C=O) groups excluding carboxylic acids is 3. The molecule has 1 heterocycles. The van der Waals surface area contributed by atoms with Crippen LogP contribution in [0.1, 0.15) is 18.4 Å². The summed E-state index contributed by atoms with van der Waals surface area (Å²) in [4.78, 5) is 37.4. The van der Waals surface area contributed by atoms with Gasteiger partial charge < -0.3 is 9.47 Å². The molecule has 1 aromatic carbocycles. The Hall–Kier alpha value is -2.63. The van der Waals surface area contributed by atoms with Crippen LogP contribution in [0.4, 0.5) is 4.79 Å². The molecule has 6 heteroatoms. The van der Waals surface area contributed by atoms with Gasteiger partial charge in [0.25, 0.3) is 0 Å². The van der Waals surface area contributed by atoms with Gasteiger partial charge in [-0.25, -0.2) is 9.69 Å². The predicted octanol–water partition coefficient (Wildman–Crippen LogP) is 2.33. The molecular formula is C18H21NO5. The second-order valence-corrected chi connectivity index (χ2v) is 5.63. The summed E-state index contributed by atoms with van der Waals surface area (Å²) in [5.74, 6) is -1.61. The molecule has 0 aromatic heterocycles. The van der Waals surface area contributed by atoms with Gasteiger partial charge in [-0.2, -0.15) is 0 Å². The summed E-state index contributed by atoms with van der Waals surface area (Å²) in [5, 5.41) is 0. The van der Waals surface area contributed by atoms with Gasteiger partial charge in [0.1, 0.15) is 6.61 Å². The number of amides is 2. The Morgan fingerprint density at radius 2 is 2.12 bits per heavy atom. The highest BCUT2D eigenvalue weighted by Gasteiger charge is 2.41. The third-order valence-corrected chi connectivity index (χ3v) is 3.95. The molecule has 1 saturated heterocycles. The maximum Gasteiger partial charge on any atom is 0.416 e. The van der Waals surface area contributed by atoms with E-state index in [0.717, 1.165) is 10.5 Å². The van der Waals surface area contributed by atoms with Crippen LogP contribution in [0.25, 0.3) is 0 Å². The number of allylic oxidation sites excluding steroid dienone is 1. The first-order valence-corrected chi connectivity index (χ1v) is 7.78. The molecule has 0 bridgehead atoms. The third-order valence-electron chi connectivity index (χ3n) is 3.95. The lowest BCUT2D eigenvalue weighted by Gasteiger charge is -2.24. The molecule has 24 heavy (non-hydrogen) atoms. The molecule has 2 rings (SSSR count). The van der Waals surface area contributed by atoms with E-state index in [1.54, 1.807) is 6.08 Å². The number of nitrogens with zero attached hydrogens (tertiary/aromatic N) is 1. The second-order valence-electron chi connectivity index (χ2n) is 5.63. The van der Waals surface area contributed by atoms with Gasteiger partial charge in [-0.05, 0) is 18.4 Å². The van der Waals surface area contributed by atoms with E-state index in [1.807, 2.05) is 30.3 Å². The van der Waals surface area contributed by atoms with Gasteiger partial charge in [-0.3, -0.25) is 9.59 Å². The van der Waals surface area contributed by atoms with E-state index in [9.17, 15) is 14.4 Å². The fraction of sp³-hybridized carbons (Fsp3) is 0.389. The van der Waals surface area contributed by atoms with Gasteiger partial charge >= 0.3 is 12.1 Å². The van der Waals surface area contributed by atoms with E-state index in [0.29, 0.717) is 6.42 Å². The summed E-state index contributed by atoms with van der Waals surface area (Å²) < 4.78 is 9.68. The number of esters is 1. The summed E-state index contributed by atoms with van der Waals surface area (Å²) in [6, 6.07) is 9.19. The summed E-state index contributed by atoms with van der Waals surface area (Å²) in [6.07, 6.45) is 1.59. The molecule has 0 aliphatic carbocycles. The van der Waals surface area contributed by atoms with Crippen molar-refractivity contribution < 1.29 is 23.9 Å². The van der Waals surface area contributed by atoms with Crippen LogP contribution in [0.2, 0.25) is 0 Å². The zero-order valence-electron chi connectivity index (χ0n) is 13.6. The molecule has 1 fully saturated rings. The lowest BCUT2D eigenvalue weighted by atomic mass is 9.98. The first-order chi connectivity index (χ1) is 11.6. The zero-order valence-corrected chi connectivity index (χ0v) is 13.6. The Labute approximate surface area is 141 Å². The normalized spacial score (nSPS) is 18.0. The van der Waals surface area contributed by atoms with E-state index < -0.39 is 23.9 Å². The Kier molecular flexibility index (Phi) is 6.12. The summed E-state index contributed by atoms with van der Waals surface area (Å²) in [5.41, 5.74) is 1.01. The fourth-order valence-corrected chi connectivity index (χ4v) is 2.72. The Morgan fingerprint density at radius 1 is 1.42 bits per heavy atom. The van der Waals surface area contributed by atoms with E-state index >= 15 is 0 Å². The molecule has 1 aromatic rings. The lowest BCUT2D eigenvalue weighted by molar-refractivity contribution is -0.146. The van der Waals surface area contributed by atoms with E-state index in [1.165, 1.54) is 7.11 Å². The molecule has 0 unspecified atom stereocenters. The molecule has 0 radical (unpaired) electrons. The number of methoxy groups -OCH3 is 1. The van der Waals surface area contributed by atoms with Crippen molar-refractivity contribution in [2.24, 2.45) is 5.92 Å². The molecule has 0 spiro atoms. The largest absolute Gasteiger partial charge is 0.469 e. The van der Waals surface area contributed by atoms with Gasteiger partial charge in [-0.15, -0.1) is 6.58 Å². The first kappa shape index (κ1) is 17.7. The lowest BCUT2D eigenvalue weighted by Crippen LogP contribution is -2.44. The Morgan fingerprint density at radius 3 is 2.75 bits per heavy atom. The summed E-state index contributed by atoms with van der Waals surface area (Å²) >= 11 is 0. The Balaban J connectivity index is 2.14. The predicted molar refractivity (Wildman–Crippen MR) is 87.1 cm³/mol. The fourth-order valence-electron chi connectivity index (χ4n) is 2.72. The van der Waals surface area contributed by atoms with Crippen LogP contribution >= 0.6 is 0 Å². The van der Waals surface area contributed by atoms with Crippen molar-refractivity contribution in [2.75, 3.05) is 13.7 Å². The van der Waals surface area contributed by atoms with Gasteiger partial charge in [-0.1, -0.05) is 36.4 Å². The van der Waals surface area contributed by atoms with Crippen LogP contribution in [0.5, 0.6) is 0 Å². The van der Waals surface area contributed by atoms with Crippen molar-refractivity contribution in [3.05, 3.63) is 48.6 Å². The molecule has 0 N–H and O–H groups in total. The van der Waals surface area contributed by atoms with Crippen molar-refractivity contribution in [1.82, 2.24) is 4.90 Å². The van der Waals surface area contributed by atoms with Crippen molar-refractivity contribution in [2.45, 2.75) is 25.3 Å². The number of cyclic esters (lactones) is 1. The number of hydrogen-bond acceptors (Lipinski definition) is 5. The first-order valence-electron chi connectivity index (χ1n) is 7.78. The number of benzene rings is 1. The molecule has 6 nitrogen and oxygen atoms in total. The summed E-state index contributed by atoms with van der Waals surface area (Å²) in [6.45, 7) is 3.76. The molecule has 1 aliphatic rings. The third kappa shape index (κ3) is 4.22. The molecule has 2 atom stereocenters. The van der Waals surface area contributed by atoms with E-state index in [2.05, 4.69) is 11.3 Å². The van der Waals surface area contributed by atoms with E-state index in [4.69, 9.17) is 4.74 Å².